The molecule has 0 aliphatic rings. The molecule has 0 unspecified atom stereocenters. The van der Waals surface area contributed by atoms with Crippen LogP contribution in [0.25, 0.3) is 11.0 Å². The first-order chi connectivity index (χ1) is 15.4. The van der Waals surface area contributed by atoms with Crippen LogP contribution < -0.4 is 20.2 Å². The van der Waals surface area contributed by atoms with Crippen molar-refractivity contribution >= 4 is 57.4 Å². The Morgan fingerprint density at radius 3 is 2.50 bits per heavy atom. The predicted octanol–water partition coefficient (Wildman–Crippen LogP) is 6.56. The Balaban J connectivity index is 1.45. The number of amides is 1. The molecule has 1 N–H and O–H groups in total. The Morgan fingerprint density at radius 2 is 1.72 bits per heavy atom. The largest absolute Gasteiger partial charge is 0.484 e. The average molecular weight is 491 g/mol. The van der Waals surface area contributed by atoms with Gasteiger partial charge >= 0.3 is 0 Å². The first-order valence-electron chi connectivity index (χ1n) is 9.26. The maximum atomic E-state index is 12.7. The van der Waals surface area contributed by atoms with Crippen molar-refractivity contribution in [2.24, 2.45) is 0 Å². The molecule has 1 heterocycles. The number of hydrogen-bond acceptors (Lipinski definition) is 5. The summed E-state index contributed by atoms with van der Waals surface area (Å²) in [4.78, 5) is 24.9. The zero-order valence-electron chi connectivity index (χ0n) is 16.2. The van der Waals surface area contributed by atoms with Gasteiger partial charge < -0.3 is 19.2 Å². The van der Waals surface area contributed by atoms with Crippen molar-refractivity contribution in [3.8, 4) is 17.2 Å². The lowest BCUT2D eigenvalue weighted by Gasteiger charge is -2.09. The molecule has 1 aromatic heterocycles. The fraction of sp³-hybridized carbons (Fsp3) is 0.0435. The van der Waals surface area contributed by atoms with Crippen molar-refractivity contribution < 1.29 is 18.7 Å². The molecule has 0 saturated carbocycles. The molecule has 6 nitrogen and oxygen atoms in total. The van der Waals surface area contributed by atoms with E-state index in [-0.39, 0.29) is 23.4 Å². The Hall–Kier alpha value is -3.19. The van der Waals surface area contributed by atoms with Crippen LogP contribution in [0.3, 0.4) is 0 Å². The molecule has 32 heavy (non-hydrogen) atoms. The van der Waals surface area contributed by atoms with E-state index in [1.54, 1.807) is 42.5 Å². The summed E-state index contributed by atoms with van der Waals surface area (Å²) in [6, 6.07) is 16.1. The summed E-state index contributed by atoms with van der Waals surface area (Å²) in [5.74, 6) is 0.298. The van der Waals surface area contributed by atoms with Crippen LogP contribution >= 0.6 is 34.8 Å². The summed E-state index contributed by atoms with van der Waals surface area (Å²) in [5.41, 5.74) is 0.405. The van der Waals surface area contributed by atoms with Gasteiger partial charge in [0.1, 0.15) is 23.3 Å². The number of hydrogen-bond donors (Lipinski definition) is 1. The molecule has 0 bridgehead atoms. The lowest BCUT2D eigenvalue weighted by atomic mass is 10.2. The minimum atomic E-state index is -0.395. The minimum absolute atomic E-state index is 0.000251. The van der Waals surface area contributed by atoms with Gasteiger partial charge in [0, 0.05) is 11.8 Å². The van der Waals surface area contributed by atoms with Crippen LogP contribution in [0, 0.1) is 0 Å². The molecular formula is C23H14Cl3NO5. The van der Waals surface area contributed by atoms with Crippen LogP contribution in [0.4, 0.5) is 5.69 Å². The Labute approximate surface area is 197 Å². The number of rotatable bonds is 6. The molecule has 1 amide bonds. The van der Waals surface area contributed by atoms with Gasteiger partial charge in [-0.2, -0.15) is 0 Å². The maximum Gasteiger partial charge on any atom is 0.262 e. The summed E-state index contributed by atoms with van der Waals surface area (Å²) in [7, 11) is 0. The van der Waals surface area contributed by atoms with Crippen LogP contribution in [0.2, 0.25) is 15.1 Å². The lowest BCUT2D eigenvalue weighted by molar-refractivity contribution is -0.118. The smallest absolute Gasteiger partial charge is 0.262 e. The molecule has 4 rings (SSSR count). The number of carbonyl (C=O) groups excluding carboxylic acids is 1. The fourth-order valence-electron chi connectivity index (χ4n) is 2.82. The first-order valence-corrected chi connectivity index (χ1v) is 10.4. The van der Waals surface area contributed by atoms with Gasteiger partial charge in [0.15, 0.2) is 6.61 Å². The zero-order chi connectivity index (χ0) is 22.7. The molecule has 4 aromatic rings. The van der Waals surface area contributed by atoms with Gasteiger partial charge in [0.2, 0.25) is 11.2 Å². The number of fused-ring (bicyclic) bond motifs is 1. The van der Waals surface area contributed by atoms with Crippen molar-refractivity contribution in [3.05, 3.63) is 92.2 Å². The van der Waals surface area contributed by atoms with Crippen LogP contribution in [-0.4, -0.2) is 12.5 Å². The fourth-order valence-corrected chi connectivity index (χ4v) is 3.29. The number of carbonyl (C=O) groups is 1. The summed E-state index contributed by atoms with van der Waals surface area (Å²) >= 11 is 17.9. The van der Waals surface area contributed by atoms with E-state index >= 15 is 0 Å². The number of benzene rings is 3. The van der Waals surface area contributed by atoms with Gasteiger partial charge in [0.05, 0.1) is 20.5 Å². The third kappa shape index (κ3) is 4.99. The van der Waals surface area contributed by atoms with E-state index in [1.165, 1.54) is 24.5 Å². The van der Waals surface area contributed by atoms with E-state index in [0.29, 0.717) is 37.6 Å². The second-order valence-electron chi connectivity index (χ2n) is 6.59. The molecule has 0 atom stereocenters. The van der Waals surface area contributed by atoms with Crippen LogP contribution in [0.5, 0.6) is 17.2 Å². The third-order valence-electron chi connectivity index (χ3n) is 4.34. The van der Waals surface area contributed by atoms with Gasteiger partial charge in [-0.25, -0.2) is 0 Å². The molecule has 162 valence electrons. The van der Waals surface area contributed by atoms with Crippen molar-refractivity contribution in [1.29, 1.82) is 0 Å². The Morgan fingerprint density at radius 1 is 0.906 bits per heavy atom. The van der Waals surface area contributed by atoms with Crippen LogP contribution in [0.1, 0.15) is 0 Å². The number of anilines is 1. The van der Waals surface area contributed by atoms with E-state index in [1.807, 2.05) is 0 Å². The first kappa shape index (κ1) is 22.0. The third-order valence-corrected chi connectivity index (χ3v) is 5.40. The van der Waals surface area contributed by atoms with Crippen molar-refractivity contribution in [1.82, 2.24) is 0 Å². The number of ether oxygens (including phenoxy) is 2. The Bertz CT molecular complexity index is 1370. The molecular weight excluding hydrogens is 477 g/mol. The highest BCUT2D eigenvalue weighted by molar-refractivity contribution is 6.42. The van der Waals surface area contributed by atoms with Gasteiger partial charge in [-0.05, 0) is 42.5 Å². The maximum absolute atomic E-state index is 12.7. The van der Waals surface area contributed by atoms with Crippen LogP contribution in [0.15, 0.2) is 76.1 Å². The van der Waals surface area contributed by atoms with Crippen molar-refractivity contribution in [3.63, 3.8) is 0 Å². The molecule has 0 aliphatic carbocycles. The average Bonchev–Trinajstić information content (AvgIpc) is 2.78. The standard InChI is InChI=1S/C23H14Cl3NO5/c24-16-8-5-13(9-18(16)26)27-22(28)12-30-14-6-7-15-20(10-14)31-11-21(23(15)29)32-19-4-2-1-3-17(19)25/h1-11H,12H2,(H,27,28). The molecule has 0 saturated heterocycles. The normalized spacial score (nSPS) is 10.7. The molecule has 0 spiro atoms. The van der Waals surface area contributed by atoms with Crippen molar-refractivity contribution in [2.75, 3.05) is 11.9 Å². The minimum Gasteiger partial charge on any atom is -0.484 e. The quantitative estimate of drug-likeness (QED) is 0.331. The second-order valence-corrected chi connectivity index (χ2v) is 7.81. The molecule has 3 aromatic carbocycles. The summed E-state index contributed by atoms with van der Waals surface area (Å²) in [5, 5.41) is 4.03. The van der Waals surface area contributed by atoms with E-state index in [0.717, 1.165) is 0 Å². The second kappa shape index (κ2) is 9.53. The summed E-state index contributed by atoms with van der Waals surface area (Å²) < 4.78 is 16.6. The summed E-state index contributed by atoms with van der Waals surface area (Å²) in [6.45, 7) is -0.260. The highest BCUT2D eigenvalue weighted by Crippen LogP contribution is 2.29. The highest BCUT2D eigenvalue weighted by atomic mass is 35.5. The van der Waals surface area contributed by atoms with Gasteiger partial charge in [-0.1, -0.05) is 46.9 Å². The Kier molecular flexibility index (Phi) is 6.55. The van der Waals surface area contributed by atoms with Crippen molar-refractivity contribution in [2.45, 2.75) is 0 Å². The summed E-state index contributed by atoms with van der Waals surface area (Å²) in [6.07, 6.45) is 1.20. The lowest BCUT2D eigenvalue weighted by Crippen LogP contribution is -2.20. The molecule has 0 fully saturated rings. The molecule has 9 heteroatoms. The van der Waals surface area contributed by atoms with E-state index < -0.39 is 5.91 Å². The zero-order valence-corrected chi connectivity index (χ0v) is 18.5. The number of nitrogens with one attached hydrogen (secondary N) is 1. The number of para-hydroxylation sites is 1. The van der Waals surface area contributed by atoms with Crippen LogP contribution in [-0.2, 0) is 4.79 Å². The van der Waals surface area contributed by atoms with E-state index in [4.69, 9.17) is 48.7 Å². The number of halogens is 3. The topological polar surface area (TPSA) is 77.8 Å². The SMILES string of the molecule is O=C(COc1ccc2c(=O)c(Oc3ccccc3Cl)coc2c1)Nc1ccc(Cl)c(Cl)c1. The van der Waals surface area contributed by atoms with Gasteiger partial charge in [-0.15, -0.1) is 0 Å². The molecule has 0 radical (unpaired) electrons. The van der Waals surface area contributed by atoms with E-state index in [2.05, 4.69) is 5.32 Å². The predicted molar refractivity (Wildman–Crippen MR) is 125 cm³/mol. The highest BCUT2D eigenvalue weighted by Gasteiger charge is 2.12. The monoisotopic (exact) mass is 489 g/mol. The van der Waals surface area contributed by atoms with Gasteiger partial charge in [-0.3, -0.25) is 9.59 Å². The van der Waals surface area contributed by atoms with Gasteiger partial charge in [0.25, 0.3) is 5.91 Å². The van der Waals surface area contributed by atoms with E-state index in [9.17, 15) is 9.59 Å². The molecule has 0 aliphatic heterocycles.